The van der Waals surface area contributed by atoms with Crippen LogP contribution in [0, 0.1) is 11.8 Å². The van der Waals surface area contributed by atoms with Gasteiger partial charge in [0, 0.05) is 12.7 Å². The predicted octanol–water partition coefficient (Wildman–Crippen LogP) is 3.12. The zero-order chi connectivity index (χ0) is 11.3. The van der Waals surface area contributed by atoms with Gasteiger partial charge in [0.15, 0.2) is 0 Å². The van der Waals surface area contributed by atoms with Gasteiger partial charge in [0.05, 0.1) is 0 Å². The lowest BCUT2D eigenvalue weighted by molar-refractivity contribution is 0.392. The number of rotatable bonds is 5. The average Bonchev–Trinajstić information content (AvgIpc) is 2.20. The Kier molecular flexibility index (Phi) is 5.06. The zero-order valence-electron chi connectivity index (χ0n) is 9.63. The highest BCUT2D eigenvalue weighted by Crippen LogP contribution is 2.08. The number of halogens is 1. The molecule has 1 unspecified atom stereocenters. The molecule has 0 aliphatic carbocycles. The lowest BCUT2D eigenvalue weighted by Crippen LogP contribution is -2.23. The third-order valence-corrected chi connectivity index (χ3v) is 2.95. The van der Waals surface area contributed by atoms with Gasteiger partial charge in [0.2, 0.25) is 0 Å². The Hall–Kier alpha value is -0.600. The third-order valence-electron chi connectivity index (χ3n) is 2.72. The van der Waals surface area contributed by atoms with Gasteiger partial charge in [-0.25, -0.2) is 4.98 Å². The zero-order valence-corrected chi connectivity index (χ0v) is 10.4. The van der Waals surface area contributed by atoms with Crippen molar-refractivity contribution in [2.45, 2.75) is 27.3 Å². The maximum Gasteiger partial charge on any atom is 0.129 e. The second-order valence-corrected chi connectivity index (χ2v) is 4.73. The molecule has 1 rings (SSSR count). The highest BCUT2D eigenvalue weighted by molar-refractivity contribution is 6.29. The molecule has 0 aliphatic rings. The van der Waals surface area contributed by atoms with Crippen LogP contribution in [0.5, 0.6) is 0 Å². The summed E-state index contributed by atoms with van der Waals surface area (Å²) in [6, 6.07) is 3.83. The Balaban J connectivity index is 2.29. The van der Waals surface area contributed by atoms with Crippen LogP contribution in [0.3, 0.4) is 0 Å². The molecule has 1 N–H and O–H groups in total. The van der Waals surface area contributed by atoms with Crippen LogP contribution in [0.2, 0.25) is 5.15 Å². The fraction of sp³-hybridized carbons (Fsp3) is 0.583. The molecule has 0 aliphatic heterocycles. The molecule has 15 heavy (non-hydrogen) atoms. The van der Waals surface area contributed by atoms with Gasteiger partial charge in [0.25, 0.3) is 0 Å². The van der Waals surface area contributed by atoms with Gasteiger partial charge >= 0.3 is 0 Å². The van der Waals surface area contributed by atoms with E-state index in [4.69, 9.17) is 11.6 Å². The van der Waals surface area contributed by atoms with Crippen LogP contribution >= 0.6 is 11.6 Å². The SMILES string of the molecule is CC(C)C(C)CNCc1ccc(Cl)nc1. The van der Waals surface area contributed by atoms with Crippen molar-refractivity contribution in [3.63, 3.8) is 0 Å². The Morgan fingerprint density at radius 1 is 1.33 bits per heavy atom. The summed E-state index contributed by atoms with van der Waals surface area (Å²) in [7, 11) is 0. The Morgan fingerprint density at radius 2 is 2.07 bits per heavy atom. The summed E-state index contributed by atoms with van der Waals surface area (Å²) < 4.78 is 0. The second kappa shape index (κ2) is 6.09. The first kappa shape index (κ1) is 12.5. The van der Waals surface area contributed by atoms with Gasteiger partial charge in [-0.1, -0.05) is 38.4 Å². The largest absolute Gasteiger partial charge is 0.312 e. The maximum atomic E-state index is 5.71. The topological polar surface area (TPSA) is 24.9 Å². The molecule has 0 saturated heterocycles. The molecule has 0 radical (unpaired) electrons. The predicted molar refractivity (Wildman–Crippen MR) is 65.0 cm³/mol. The van der Waals surface area contributed by atoms with Crippen molar-refractivity contribution < 1.29 is 0 Å². The summed E-state index contributed by atoms with van der Waals surface area (Å²) in [5.41, 5.74) is 1.18. The molecule has 1 aromatic heterocycles. The molecule has 1 heterocycles. The lowest BCUT2D eigenvalue weighted by atomic mass is 9.98. The fourth-order valence-electron chi connectivity index (χ4n) is 1.19. The first-order chi connectivity index (χ1) is 7.09. The lowest BCUT2D eigenvalue weighted by Gasteiger charge is -2.15. The van der Waals surface area contributed by atoms with Gasteiger partial charge in [0.1, 0.15) is 5.15 Å². The van der Waals surface area contributed by atoms with E-state index in [1.54, 1.807) is 0 Å². The molecule has 84 valence electrons. The number of aromatic nitrogens is 1. The minimum Gasteiger partial charge on any atom is -0.312 e. The highest BCUT2D eigenvalue weighted by atomic mass is 35.5. The van der Waals surface area contributed by atoms with E-state index in [2.05, 4.69) is 31.1 Å². The number of hydrogen-bond donors (Lipinski definition) is 1. The van der Waals surface area contributed by atoms with E-state index in [1.807, 2.05) is 18.3 Å². The van der Waals surface area contributed by atoms with E-state index >= 15 is 0 Å². The van der Waals surface area contributed by atoms with Crippen LogP contribution in [0.1, 0.15) is 26.3 Å². The van der Waals surface area contributed by atoms with E-state index in [0.29, 0.717) is 11.1 Å². The van der Waals surface area contributed by atoms with Crippen LogP contribution < -0.4 is 5.32 Å². The minimum absolute atomic E-state index is 0.550. The molecular weight excluding hydrogens is 208 g/mol. The molecule has 0 saturated carbocycles. The molecule has 3 heteroatoms. The van der Waals surface area contributed by atoms with Crippen LogP contribution in [-0.4, -0.2) is 11.5 Å². The Morgan fingerprint density at radius 3 is 2.60 bits per heavy atom. The van der Waals surface area contributed by atoms with E-state index in [0.717, 1.165) is 19.0 Å². The monoisotopic (exact) mass is 226 g/mol. The summed E-state index contributed by atoms with van der Waals surface area (Å²) in [5, 5.41) is 3.97. The molecule has 0 amide bonds. The third kappa shape index (κ3) is 4.63. The minimum atomic E-state index is 0.550. The smallest absolute Gasteiger partial charge is 0.129 e. The number of nitrogens with one attached hydrogen (secondary N) is 1. The highest BCUT2D eigenvalue weighted by Gasteiger charge is 2.05. The first-order valence-electron chi connectivity index (χ1n) is 5.40. The quantitative estimate of drug-likeness (QED) is 0.781. The van der Waals surface area contributed by atoms with Gasteiger partial charge in [-0.15, -0.1) is 0 Å². The van der Waals surface area contributed by atoms with Crippen molar-refractivity contribution >= 4 is 11.6 Å². The Bertz CT molecular complexity index is 282. The summed E-state index contributed by atoms with van der Waals surface area (Å²) in [6.07, 6.45) is 1.81. The molecule has 0 aromatic carbocycles. The van der Waals surface area contributed by atoms with Gasteiger partial charge < -0.3 is 5.32 Å². The molecule has 1 atom stereocenters. The summed E-state index contributed by atoms with van der Waals surface area (Å²) in [4.78, 5) is 4.04. The van der Waals surface area contributed by atoms with E-state index in [9.17, 15) is 0 Å². The molecule has 0 spiro atoms. The molecule has 2 nitrogen and oxygen atoms in total. The van der Waals surface area contributed by atoms with Crippen molar-refractivity contribution in [2.24, 2.45) is 11.8 Å². The van der Waals surface area contributed by atoms with Gasteiger partial charge in [-0.05, 0) is 30.0 Å². The average molecular weight is 227 g/mol. The van der Waals surface area contributed by atoms with Crippen LogP contribution in [-0.2, 0) is 6.54 Å². The second-order valence-electron chi connectivity index (χ2n) is 4.34. The molecular formula is C12H19ClN2. The summed E-state index contributed by atoms with van der Waals surface area (Å²) in [5.74, 6) is 1.42. The molecule has 0 bridgehead atoms. The standard InChI is InChI=1S/C12H19ClN2/c1-9(2)10(3)6-14-7-11-4-5-12(13)15-8-11/h4-5,8-10,14H,6-7H2,1-3H3. The number of nitrogens with zero attached hydrogens (tertiary/aromatic N) is 1. The summed E-state index contributed by atoms with van der Waals surface area (Å²) in [6.45, 7) is 8.66. The number of hydrogen-bond acceptors (Lipinski definition) is 2. The van der Waals surface area contributed by atoms with Crippen molar-refractivity contribution in [1.29, 1.82) is 0 Å². The van der Waals surface area contributed by atoms with E-state index < -0.39 is 0 Å². The Labute approximate surface area is 97.1 Å². The van der Waals surface area contributed by atoms with Crippen molar-refractivity contribution in [2.75, 3.05) is 6.54 Å². The van der Waals surface area contributed by atoms with Crippen LogP contribution in [0.25, 0.3) is 0 Å². The van der Waals surface area contributed by atoms with Crippen molar-refractivity contribution in [3.8, 4) is 0 Å². The maximum absolute atomic E-state index is 5.71. The fourth-order valence-corrected chi connectivity index (χ4v) is 1.30. The molecule has 0 fully saturated rings. The van der Waals surface area contributed by atoms with Crippen LogP contribution in [0.4, 0.5) is 0 Å². The normalized spacial score (nSPS) is 13.1. The summed E-state index contributed by atoms with van der Waals surface area (Å²) >= 11 is 5.71. The van der Waals surface area contributed by atoms with E-state index in [1.165, 1.54) is 5.56 Å². The van der Waals surface area contributed by atoms with Crippen LogP contribution in [0.15, 0.2) is 18.3 Å². The number of pyridine rings is 1. The first-order valence-corrected chi connectivity index (χ1v) is 5.78. The van der Waals surface area contributed by atoms with Crippen molar-refractivity contribution in [3.05, 3.63) is 29.0 Å². The van der Waals surface area contributed by atoms with Gasteiger partial charge in [-0.2, -0.15) is 0 Å². The van der Waals surface area contributed by atoms with E-state index in [-0.39, 0.29) is 0 Å². The molecule has 1 aromatic rings. The van der Waals surface area contributed by atoms with Crippen molar-refractivity contribution in [1.82, 2.24) is 10.3 Å². The van der Waals surface area contributed by atoms with Gasteiger partial charge in [-0.3, -0.25) is 0 Å².